The third-order valence-corrected chi connectivity index (χ3v) is 8.16. The number of rotatable bonds is 9. The smallest absolute Gasteiger partial charge is 0.178 e. The Morgan fingerprint density at radius 2 is 1.23 bits per heavy atom. The van der Waals surface area contributed by atoms with E-state index in [-0.39, 0.29) is 6.04 Å². The van der Waals surface area contributed by atoms with E-state index in [0.717, 1.165) is 60.9 Å². The van der Waals surface area contributed by atoms with Gasteiger partial charge in [-0.25, -0.2) is 0 Å². The van der Waals surface area contributed by atoms with Crippen molar-refractivity contribution in [2.24, 2.45) is 0 Å². The van der Waals surface area contributed by atoms with Crippen LogP contribution in [0.15, 0.2) is 109 Å². The van der Waals surface area contributed by atoms with E-state index in [1.165, 1.54) is 16.7 Å². The molecule has 0 bridgehead atoms. The maximum Gasteiger partial charge on any atom is 0.178 e. The molecule has 6 nitrogen and oxygen atoms in total. The molecule has 0 spiro atoms. The average molecular weight is 567 g/mol. The number of hydrogen-bond donors (Lipinski definition) is 0. The molecule has 0 saturated carbocycles. The van der Waals surface area contributed by atoms with Crippen molar-refractivity contribution in [3.05, 3.63) is 148 Å². The third-order valence-electron chi connectivity index (χ3n) is 8.16. The van der Waals surface area contributed by atoms with E-state index in [9.17, 15) is 0 Å². The molecule has 0 N–H and O–H groups in total. The molecular formula is C37H38N6. The fourth-order valence-corrected chi connectivity index (χ4v) is 5.84. The van der Waals surface area contributed by atoms with Gasteiger partial charge in [-0.15, -0.1) is 5.10 Å². The molecular weight excluding hydrogens is 528 g/mol. The predicted octanol–water partition coefficient (Wildman–Crippen LogP) is 6.87. The summed E-state index contributed by atoms with van der Waals surface area (Å²) in [4.78, 5) is 5.04. The number of piperazine rings is 1. The van der Waals surface area contributed by atoms with Crippen LogP contribution < -0.4 is 0 Å². The van der Waals surface area contributed by atoms with Gasteiger partial charge in [0.2, 0.25) is 0 Å². The van der Waals surface area contributed by atoms with E-state index in [0.29, 0.717) is 0 Å². The minimum absolute atomic E-state index is 0.0665. The standard InChI is InChI=1S/C37H38N6/c1-29-11-9-12-30(2)35(29)43-37(38-39-40-43)36(34-22-20-33(21-23-34)19-18-32-15-7-4-8-16-32)42-27-25-41(26-28-42)24-10-17-31-13-5-3-6-14-31/h3-23,36H,24-28H2,1-2H3/b17-10+,19-18+/t36-/m0/s1. The summed E-state index contributed by atoms with van der Waals surface area (Å²) in [5.41, 5.74) is 8.15. The molecule has 5 aromatic rings. The maximum absolute atomic E-state index is 4.65. The van der Waals surface area contributed by atoms with Crippen molar-refractivity contribution in [1.29, 1.82) is 0 Å². The first kappa shape index (κ1) is 28.5. The number of aromatic nitrogens is 4. The van der Waals surface area contributed by atoms with Crippen LogP contribution in [0, 0.1) is 13.8 Å². The second-order valence-corrected chi connectivity index (χ2v) is 11.2. The Morgan fingerprint density at radius 3 is 1.86 bits per heavy atom. The Morgan fingerprint density at radius 1 is 0.651 bits per heavy atom. The van der Waals surface area contributed by atoms with Gasteiger partial charge in [0, 0.05) is 32.7 Å². The second kappa shape index (κ2) is 13.6. The fraction of sp³-hybridized carbons (Fsp3) is 0.216. The average Bonchev–Trinajstić information content (AvgIpc) is 3.51. The molecule has 1 fully saturated rings. The molecule has 1 aromatic heterocycles. The summed E-state index contributed by atoms with van der Waals surface area (Å²) in [5, 5.41) is 13.4. The number of benzene rings is 4. The van der Waals surface area contributed by atoms with Gasteiger partial charge in [-0.05, 0) is 57.7 Å². The first-order valence-corrected chi connectivity index (χ1v) is 15.0. The summed E-state index contributed by atoms with van der Waals surface area (Å²) in [6, 6.07) is 36.0. The van der Waals surface area contributed by atoms with Gasteiger partial charge >= 0.3 is 0 Å². The number of nitrogens with zero attached hydrogens (tertiary/aromatic N) is 6. The molecule has 0 amide bonds. The molecule has 43 heavy (non-hydrogen) atoms. The molecule has 216 valence electrons. The molecule has 4 aromatic carbocycles. The van der Waals surface area contributed by atoms with Gasteiger partial charge in [-0.3, -0.25) is 9.80 Å². The Bertz CT molecular complexity index is 1640. The van der Waals surface area contributed by atoms with Crippen molar-refractivity contribution in [3.8, 4) is 5.69 Å². The van der Waals surface area contributed by atoms with Crippen LogP contribution in [0.3, 0.4) is 0 Å². The lowest BCUT2D eigenvalue weighted by atomic mass is 10.0. The van der Waals surface area contributed by atoms with Crippen LogP contribution >= 0.6 is 0 Å². The summed E-state index contributed by atoms with van der Waals surface area (Å²) in [5.74, 6) is 0.849. The van der Waals surface area contributed by atoms with Gasteiger partial charge in [0.15, 0.2) is 5.82 Å². The fourth-order valence-electron chi connectivity index (χ4n) is 5.84. The Balaban J connectivity index is 1.25. The van der Waals surface area contributed by atoms with Gasteiger partial charge in [0.1, 0.15) is 0 Å². The molecule has 6 heteroatoms. The number of tetrazole rings is 1. The number of para-hydroxylation sites is 1. The Hall–Kier alpha value is -4.65. The number of hydrogen-bond acceptors (Lipinski definition) is 5. The zero-order valence-corrected chi connectivity index (χ0v) is 24.9. The minimum Gasteiger partial charge on any atom is -0.297 e. The Labute approximate surface area is 254 Å². The number of aryl methyl sites for hydroxylation is 2. The largest absolute Gasteiger partial charge is 0.297 e. The minimum atomic E-state index is -0.0665. The lowest BCUT2D eigenvalue weighted by molar-refractivity contribution is 0.113. The highest BCUT2D eigenvalue weighted by Gasteiger charge is 2.31. The van der Waals surface area contributed by atoms with Crippen LogP contribution in [0.4, 0.5) is 0 Å². The Kier molecular flexibility index (Phi) is 8.97. The monoisotopic (exact) mass is 566 g/mol. The first-order chi connectivity index (χ1) is 21.2. The van der Waals surface area contributed by atoms with Crippen molar-refractivity contribution >= 4 is 18.2 Å². The molecule has 1 saturated heterocycles. The summed E-state index contributed by atoms with van der Waals surface area (Å²) in [6.07, 6.45) is 8.80. The normalized spacial score (nSPS) is 15.4. The van der Waals surface area contributed by atoms with Crippen molar-refractivity contribution in [2.45, 2.75) is 19.9 Å². The van der Waals surface area contributed by atoms with Crippen molar-refractivity contribution in [3.63, 3.8) is 0 Å². The zero-order chi connectivity index (χ0) is 29.4. The summed E-state index contributed by atoms with van der Waals surface area (Å²) >= 11 is 0. The van der Waals surface area contributed by atoms with Gasteiger partial charge in [0.25, 0.3) is 0 Å². The first-order valence-electron chi connectivity index (χ1n) is 15.0. The summed E-state index contributed by atoms with van der Waals surface area (Å²) < 4.78 is 1.95. The molecule has 1 aliphatic rings. The molecule has 6 rings (SSSR count). The van der Waals surface area contributed by atoms with Gasteiger partial charge in [-0.1, -0.05) is 127 Å². The van der Waals surface area contributed by atoms with Crippen LogP contribution in [-0.2, 0) is 0 Å². The molecule has 1 aliphatic heterocycles. The lowest BCUT2D eigenvalue weighted by Gasteiger charge is -2.38. The van der Waals surface area contributed by atoms with Crippen molar-refractivity contribution in [2.75, 3.05) is 32.7 Å². The lowest BCUT2D eigenvalue weighted by Crippen LogP contribution is -2.48. The van der Waals surface area contributed by atoms with Crippen LogP contribution in [0.1, 0.15) is 45.2 Å². The van der Waals surface area contributed by atoms with E-state index in [2.05, 4.69) is 161 Å². The molecule has 1 atom stereocenters. The summed E-state index contributed by atoms with van der Waals surface area (Å²) in [6.45, 7) is 9.02. The van der Waals surface area contributed by atoms with E-state index in [1.807, 2.05) is 10.7 Å². The molecule has 0 aliphatic carbocycles. The second-order valence-electron chi connectivity index (χ2n) is 11.2. The molecule has 0 unspecified atom stereocenters. The van der Waals surface area contributed by atoms with Crippen LogP contribution in [0.5, 0.6) is 0 Å². The van der Waals surface area contributed by atoms with Crippen molar-refractivity contribution in [1.82, 2.24) is 30.0 Å². The van der Waals surface area contributed by atoms with Gasteiger partial charge in [0.05, 0.1) is 11.7 Å². The predicted molar refractivity (Wildman–Crippen MR) is 176 cm³/mol. The summed E-state index contributed by atoms with van der Waals surface area (Å²) in [7, 11) is 0. The van der Waals surface area contributed by atoms with Crippen LogP contribution in [0.2, 0.25) is 0 Å². The SMILES string of the molecule is Cc1cccc(C)c1-n1nnnc1[C@H](c1ccc(/C=C/c2ccccc2)cc1)N1CCN(C/C=C/c2ccccc2)CC1. The van der Waals surface area contributed by atoms with Gasteiger partial charge in [-0.2, -0.15) is 4.68 Å². The molecule has 0 radical (unpaired) electrons. The van der Waals surface area contributed by atoms with Crippen molar-refractivity contribution < 1.29 is 0 Å². The van der Waals surface area contributed by atoms with Crippen LogP contribution in [0.25, 0.3) is 23.9 Å². The van der Waals surface area contributed by atoms with Crippen LogP contribution in [-0.4, -0.2) is 62.7 Å². The third kappa shape index (κ3) is 6.88. The quantitative estimate of drug-likeness (QED) is 0.182. The van der Waals surface area contributed by atoms with E-state index < -0.39 is 0 Å². The highest BCUT2D eigenvalue weighted by atomic mass is 15.6. The van der Waals surface area contributed by atoms with E-state index >= 15 is 0 Å². The molecule has 2 heterocycles. The highest BCUT2D eigenvalue weighted by molar-refractivity contribution is 5.69. The highest BCUT2D eigenvalue weighted by Crippen LogP contribution is 2.31. The topological polar surface area (TPSA) is 50.1 Å². The zero-order valence-electron chi connectivity index (χ0n) is 24.9. The van der Waals surface area contributed by atoms with E-state index in [1.54, 1.807) is 0 Å². The maximum atomic E-state index is 4.65. The van der Waals surface area contributed by atoms with Gasteiger partial charge < -0.3 is 0 Å². The van der Waals surface area contributed by atoms with E-state index in [4.69, 9.17) is 0 Å².